The van der Waals surface area contributed by atoms with Crippen LogP contribution in [0.3, 0.4) is 0 Å². The fourth-order valence-corrected chi connectivity index (χ4v) is 2.77. The third-order valence-electron chi connectivity index (χ3n) is 3.94. The van der Waals surface area contributed by atoms with Crippen LogP contribution in [0.2, 0.25) is 0 Å². The SMILES string of the molecule is CCC(C(=O)N(C)CC1CCCN1CC)C(N)=NO. The number of carbonyl (C=O) groups is 1. The molecular formula is C13H26N4O2. The van der Waals surface area contributed by atoms with E-state index >= 15 is 0 Å². The largest absolute Gasteiger partial charge is 0.409 e. The molecule has 1 saturated heterocycles. The number of rotatable bonds is 6. The minimum absolute atomic E-state index is 0.00174. The van der Waals surface area contributed by atoms with Crippen LogP contribution < -0.4 is 5.73 Å². The molecule has 1 aliphatic rings. The van der Waals surface area contributed by atoms with Crippen LogP contribution in [0, 0.1) is 5.92 Å². The average molecular weight is 270 g/mol. The van der Waals surface area contributed by atoms with Crippen LogP contribution in [0.25, 0.3) is 0 Å². The van der Waals surface area contributed by atoms with E-state index in [1.54, 1.807) is 11.9 Å². The first kappa shape index (κ1) is 15.8. The summed E-state index contributed by atoms with van der Waals surface area (Å²) in [7, 11) is 1.79. The van der Waals surface area contributed by atoms with Crippen molar-refractivity contribution >= 4 is 11.7 Å². The lowest BCUT2D eigenvalue weighted by Gasteiger charge is -2.29. The number of amides is 1. The van der Waals surface area contributed by atoms with Crippen molar-refractivity contribution in [1.29, 1.82) is 0 Å². The number of amidine groups is 1. The Balaban J connectivity index is 2.61. The van der Waals surface area contributed by atoms with E-state index in [4.69, 9.17) is 10.9 Å². The number of nitrogens with zero attached hydrogens (tertiary/aromatic N) is 3. The zero-order valence-corrected chi connectivity index (χ0v) is 12.2. The van der Waals surface area contributed by atoms with Gasteiger partial charge in [-0.15, -0.1) is 0 Å². The lowest BCUT2D eigenvalue weighted by Crippen LogP contribution is -2.45. The van der Waals surface area contributed by atoms with Gasteiger partial charge in [0.15, 0.2) is 5.84 Å². The Morgan fingerprint density at radius 3 is 2.79 bits per heavy atom. The molecule has 0 radical (unpaired) electrons. The Bertz CT molecular complexity index is 333. The van der Waals surface area contributed by atoms with Crippen molar-refractivity contribution in [2.24, 2.45) is 16.8 Å². The lowest BCUT2D eigenvalue weighted by atomic mass is 10.0. The molecule has 0 aliphatic carbocycles. The maximum Gasteiger partial charge on any atom is 0.233 e. The smallest absolute Gasteiger partial charge is 0.233 e. The molecule has 0 aromatic rings. The molecule has 1 aliphatic heterocycles. The van der Waals surface area contributed by atoms with Crippen LogP contribution >= 0.6 is 0 Å². The van der Waals surface area contributed by atoms with Gasteiger partial charge in [-0.1, -0.05) is 19.0 Å². The zero-order chi connectivity index (χ0) is 14.4. The van der Waals surface area contributed by atoms with Crippen molar-refractivity contribution in [3.05, 3.63) is 0 Å². The molecule has 0 saturated carbocycles. The number of nitrogens with two attached hydrogens (primary N) is 1. The Morgan fingerprint density at radius 1 is 1.58 bits per heavy atom. The second kappa shape index (κ2) is 7.33. The maximum atomic E-state index is 12.3. The molecule has 0 aromatic heterocycles. The summed E-state index contributed by atoms with van der Waals surface area (Å²) >= 11 is 0. The lowest BCUT2D eigenvalue weighted by molar-refractivity contribution is -0.132. The average Bonchev–Trinajstić information content (AvgIpc) is 2.86. The molecule has 0 bridgehead atoms. The van der Waals surface area contributed by atoms with Crippen molar-refractivity contribution < 1.29 is 10.0 Å². The second-order valence-corrected chi connectivity index (χ2v) is 5.13. The fourth-order valence-electron chi connectivity index (χ4n) is 2.77. The van der Waals surface area contributed by atoms with Gasteiger partial charge in [0.1, 0.15) is 0 Å². The van der Waals surface area contributed by atoms with Crippen molar-refractivity contribution in [3.8, 4) is 0 Å². The minimum atomic E-state index is -0.522. The summed E-state index contributed by atoms with van der Waals surface area (Å²) in [4.78, 5) is 16.4. The number of likely N-dealkylation sites (tertiary alicyclic amines) is 1. The van der Waals surface area contributed by atoms with Crippen molar-refractivity contribution in [3.63, 3.8) is 0 Å². The summed E-state index contributed by atoms with van der Waals surface area (Å²) in [5, 5.41) is 11.7. The topological polar surface area (TPSA) is 82.2 Å². The van der Waals surface area contributed by atoms with Crippen molar-refractivity contribution in [2.75, 3.05) is 26.7 Å². The molecule has 1 heterocycles. The molecule has 6 heteroatoms. The first-order valence-electron chi connectivity index (χ1n) is 7.01. The fraction of sp³-hybridized carbons (Fsp3) is 0.846. The third kappa shape index (κ3) is 3.83. The number of oxime groups is 1. The summed E-state index contributed by atoms with van der Waals surface area (Å²) in [6, 6.07) is 0.434. The van der Waals surface area contributed by atoms with Gasteiger partial charge in [-0.25, -0.2) is 0 Å². The van der Waals surface area contributed by atoms with E-state index in [2.05, 4.69) is 17.0 Å². The molecule has 0 aromatic carbocycles. The molecule has 0 spiro atoms. The highest BCUT2D eigenvalue weighted by Crippen LogP contribution is 2.18. The van der Waals surface area contributed by atoms with E-state index in [-0.39, 0.29) is 11.7 Å². The highest BCUT2D eigenvalue weighted by molar-refractivity contribution is 6.01. The van der Waals surface area contributed by atoms with E-state index in [1.807, 2.05) is 6.92 Å². The number of hydrogen-bond donors (Lipinski definition) is 2. The Labute approximate surface area is 115 Å². The predicted octanol–water partition coefficient (Wildman–Crippen LogP) is 0.702. The Kier molecular flexibility index (Phi) is 6.08. The van der Waals surface area contributed by atoms with Crippen LogP contribution in [-0.2, 0) is 4.79 Å². The first-order valence-corrected chi connectivity index (χ1v) is 7.01. The van der Waals surface area contributed by atoms with E-state index in [1.165, 1.54) is 6.42 Å². The zero-order valence-electron chi connectivity index (χ0n) is 12.2. The van der Waals surface area contributed by atoms with E-state index in [0.29, 0.717) is 19.0 Å². The first-order chi connectivity index (χ1) is 9.04. The van der Waals surface area contributed by atoms with Gasteiger partial charge in [0.2, 0.25) is 5.91 Å². The molecule has 6 nitrogen and oxygen atoms in total. The second-order valence-electron chi connectivity index (χ2n) is 5.13. The van der Waals surface area contributed by atoms with E-state index in [9.17, 15) is 4.79 Å². The maximum absolute atomic E-state index is 12.3. The molecule has 1 fully saturated rings. The van der Waals surface area contributed by atoms with Gasteiger partial charge >= 0.3 is 0 Å². The van der Waals surface area contributed by atoms with Gasteiger partial charge in [0, 0.05) is 19.6 Å². The van der Waals surface area contributed by atoms with Gasteiger partial charge in [-0.2, -0.15) is 0 Å². The van der Waals surface area contributed by atoms with Crippen LogP contribution in [0.4, 0.5) is 0 Å². The Hall–Kier alpha value is -1.30. The number of hydrogen-bond acceptors (Lipinski definition) is 4. The standard InChI is InChI=1S/C13H26N4O2/c1-4-11(12(14)15-19)13(18)16(3)9-10-7-6-8-17(10)5-2/h10-11,19H,4-9H2,1-3H3,(H2,14,15). The van der Waals surface area contributed by atoms with Gasteiger partial charge in [0.05, 0.1) is 5.92 Å². The quantitative estimate of drug-likeness (QED) is 0.322. The normalized spacial score (nSPS) is 22.5. The van der Waals surface area contributed by atoms with Crippen LogP contribution in [0.15, 0.2) is 5.16 Å². The van der Waals surface area contributed by atoms with Gasteiger partial charge in [0.25, 0.3) is 0 Å². The molecule has 19 heavy (non-hydrogen) atoms. The Morgan fingerprint density at radius 2 is 2.26 bits per heavy atom. The molecule has 1 amide bonds. The van der Waals surface area contributed by atoms with Crippen LogP contribution in [0.1, 0.15) is 33.1 Å². The van der Waals surface area contributed by atoms with Gasteiger partial charge in [-0.3, -0.25) is 9.69 Å². The minimum Gasteiger partial charge on any atom is -0.409 e. The molecule has 2 atom stereocenters. The molecule has 1 rings (SSSR count). The van der Waals surface area contributed by atoms with Gasteiger partial charge in [-0.05, 0) is 32.4 Å². The number of likely N-dealkylation sites (N-methyl/N-ethyl adjacent to an activating group) is 2. The molecule has 3 N–H and O–H groups in total. The summed E-state index contributed by atoms with van der Waals surface area (Å²) in [6.07, 6.45) is 2.87. The molecular weight excluding hydrogens is 244 g/mol. The highest BCUT2D eigenvalue weighted by Gasteiger charge is 2.29. The van der Waals surface area contributed by atoms with E-state index in [0.717, 1.165) is 19.5 Å². The van der Waals surface area contributed by atoms with Gasteiger partial charge < -0.3 is 15.8 Å². The summed E-state index contributed by atoms with van der Waals surface area (Å²) in [5.74, 6) is -0.592. The van der Waals surface area contributed by atoms with Crippen LogP contribution in [0.5, 0.6) is 0 Å². The van der Waals surface area contributed by atoms with Crippen LogP contribution in [-0.4, -0.2) is 59.5 Å². The van der Waals surface area contributed by atoms with Crippen molar-refractivity contribution in [1.82, 2.24) is 9.80 Å². The highest BCUT2D eigenvalue weighted by atomic mass is 16.4. The monoisotopic (exact) mass is 270 g/mol. The predicted molar refractivity (Wildman–Crippen MR) is 75.1 cm³/mol. The van der Waals surface area contributed by atoms with Crippen molar-refractivity contribution in [2.45, 2.75) is 39.2 Å². The summed E-state index contributed by atoms with van der Waals surface area (Å²) in [5.41, 5.74) is 5.57. The third-order valence-corrected chi connectivity index (χ3v) is 3.94. The number of carbonyl (C=O) groups excluding carboxylic acids is 1. The molecule has 2 unspecified atom stereocenters. The summed E-state index contributed by atoms with van der Waals surface area (Å²) in [6.45, 7) is 6.85. The molecule has 110 valence electrons. The van der Waals surface area contributed by atoms with E-state index < -0.39 is 5.92 Å². The summed E-state index contributed by atoms with van der Waals surface area (Å²) < 4.78 is 0.